The van der Waals surface area contributed by atoms with Gasteiger partial charge in [-0.3, -0.25) is 0 Å². The highest BCUT2D eigenvalue weighted by Crippen LogP contribution is 1.93. The van der Waals surface area contributed by atoms with Crippen molar-refractivity contribution >= 4 is 0 Å². The predicted octanol–water partition coefficient (Wildman–Crippen LogP) is 0.177. The lowest BCUT2D eigenvalue weighted by molar-refractivity contribution is 0.0360. The monoisotopic (exact) mass is 157 g/mol. The molecule has 0 spiro atoms. The standard InChI is InChI=1S/C8H15NO2/c1-2-4-10-6-8-7-11-5-3-9-8/h2,8-9H,1,3-7H2/t8-/m0/s1. The summed E-state index contributed by atoms with van der Waals surface area (Å²) < 4.78 is 10.5. The molecular formula is C8H15NO2. The van der Waals surface area contributed by atoms with Crippen LogP contribution in [-0.2, 0) is 9.47 Å². The van der Waals surface area contributed by atoms with Crippen LogP contribution in [0.3, 0.4) is 0 Å². The third-order valence-corrected chi connectivity index (χ3v) is 1.55. The van der Waals surface area contributed by atoms with Gasteiger partial charge in [0.05, 0.1) is 32.5 Å². The quantitative estimate of drug-likeness (QED) is 0.466. The molecule has 0 saturated carbocycles. The molecule has 64 valence electrons. The van der Waals surface area contributed by atoms with Gasteiger partial charge in [-0.2, -0.15) is 0 Å². The number of nitrogens with one attached hydrogen (secondary N) is 1. The molecule has 0 radical (unpaired) electrons. The van der Waals surface area contributed by atoms with E-state index in [4.69, 9.17) is 9.47 Å². The van der Waals surface area contributed by atoms with Crippen LogP contribution in [0.2, 0.25) is 0 Å². The maximum atomic E-state index is 5.26. The molecule has 11 heavy (non-hydrogen) atoms. The zero-order valence-electron chi connectivity index (χ0n) is 6.71. The number of ether oxygens (including phenoxy) is 2. The van der Waals surface area contributed by atoms with Gasteiger partial charge in [0, 0.05) is 6.54 Å². The summed E-state index contributed by atoms with van der Waals surface area (Å²) >= 11 is 0. The van der Waals surface area contributed by atoms with Crippen molar-refractivity contribution in [2.75, 3.05) is 33.0 Å². The first-order chi connectivity index (χ1) is 5.43. The lowest BCUT2D eigenvalue weighted by Gasteiger charge is -2.23. The van der Waals surface area contributed by atoms with Gasteiger partial charge in [-0.25, -0.2) is 0 Å². The van der Waals surface area contributed by atoms with E-state index in [9.17, 15) is 0 Å². The number of hydrogen-bond donors (Lipinski definition) is 1. The van der Waals surface area contributed by atoms with Crippen molar-refractivity contribution in [3.05, 3.63) is 12.7 Å². The topological polar surface area (TPSA) is 30.5 Å². The average Bonchev–Trinajstić information content (AvgIpc) is 2.07. The van der Waals surface area contributed by atoms with Gasteiger partial charge in [0.25, 0.3) is 0 Å². The molecule has 1 heterocycles. The predicted molar refractivity (Wildman–Crippen MR) is 43.6 cm³/mol. The van der Waals surface area contributed by atoms with Crippen molar-refractivity contribution in [2.45, 2.75) is 6.04 Å². The van der Waals surface area contributed by atoms with Crippen LogP contribution in [0, 0.1) is 0 Å². The van der Waals surface area contributed by atoms with Crippen LogP contribution in [0.1, 0.15) is 0 Å². The van der Waals surface area contributed by atoms with E-state index >= 15 is 0 Å². The fraction of sp³-hybridized carbons (Fsp3) is 0.750. The second kappa shape index (κ2) is 5.29. The van der Waals surface area contributed by atoms with E-state index in [-0.39, 0.29) is 0 Å². The summed E-state index contributed by atoms with van der Waals surface area (Å²) in [5.41, 5.74) is 0. The summed E-state index contributed by atoms with van der Waals surface area (Å²) in [5.74, 6) is 0. The van der Waals surface area contributed by atoms with Gasteiger partial charge in [-0.1, -0.05) is 6.08 Å². The summed E-state index contributed by atoms with van der Waals surface area (Å²) in [7, 11) is 0. The van der Waals surface area contributed by atoms with E-state index in [0.717, 1.165) is 19.8 Å². The van der Waals surface area contributed by atoms with E-state index in [1.807, 2.05) is 0 Å². The Labute approximate surface area is 67.4 Å². The molecule has 1 fully saturated rings. The molecule has 1 aliphatic rings. The highest BCUT2D eigenvalue weighted by Gasteiger charge is 2.11. The zero-order chi connectivity index (χ0) is 7.94. The third kappa shape index (κ3) is 3.51. The second-order valence-electron chi connectivity index (χ2n) is 2.55. The Hall–Kier alpha value is -0.380. The third-order valence-electron chi connectivity index (χ3n) is 1.55. The van der Waals surface area contributed by atoms with Crippen molar-refractivity contribution in [1.82, 2.24) is 5.32 Å². The molecule has 0 aromatic carbocycles. The molecule has 0 aliphatic carbocycles. The molecule has 0 bridgehead atoms. The first-order valence-corrected chi connectivity index (χ1v) is 3.93. The molecule has 1 rings (SSSR count). The van der Waals surface area contributed by atoms with Crippen LogP contribution < -0.4 is 5.32 Å². The van der Waals surface area contributed by atoms with Gasteiger partial charge in [-0.15, -0.1) is 6.58 Å². The fourth-order valence-electron chi connectivity index (χ4n) is 1.02. The van der Waals surface area contributed by atoms with Crippen molar-refractivity contribution in [1.29, 1.82) is 0 Å². The molecule has 0 amide bonds. The van der Waals surface area contributed by atoms with Gasteiger partial charge in [-0.05, 0) is 0 Å². The number of hydrogen-bond acceptors (Lipinski definition) is 3. The SMILES string of the molecule is C=CCOC[C@H]1COCCN1. The Balaban J connectivity index is 2.00. The van der Waals surface area contributed by atoms with Gasteiger partial charge < -0.3 is 14.8 Å². The van der Waals surface area contributed by atoms with E-state index in [1.165, 1.54) is 0 Å². The summed E-state index contributed by atoms with van der Waals surface area (Å²) in [6, 6.07) is 0.365. The van der Waals surface area contributed by atoms with E-state index in [0.29, 0.717) is 19.3 Å². The molecule has 0 aromatic heterocycles. The zero-order valence-corrected chi connectivity index (χ0v) is 6.71. The van der Waals surface area contributed by atoms with Crippen molar-refractivity contribution in [2.24, 2.45) is 0 Å². The Morgan fingerprint density at radius 2 is 2.64 bits per heavy atom. The second-order valence-corrected chi connectivity index (χ2v) is 2.55. The molecule has 0 aromatic rings. The Bertz CT molecular complexity index is 111. The molecule has 3 heteroatoms. The van der Waals surface area contributed by atoms with Crippen LogP contribution in [0.25, 0.3) is 0 Å². The van der Waals surface area contributed by atoms with Crippen LogP contribution in [0.4, 0.5) is 0 Å². The molecule has 1 N–H and O–H groups in total. The van der Waals surface area contributed by atoms with Crippen molar-refractivity contribution in [3.8, 4) is 0 Å². The lowest BCUT2D eigenvalue weighted by Crippen LogP contribution is -2.44. The van der Waals surface area contributed by atoms with E-state index in [1.54, 1.807) is 6.08 Å². The van der Waals surface area contributed by atoms with Crippen LogP contribution >= 0.6 is 0 Å². The van der Waals surface area contributed by atoms with Gasteiger partial charge in [0.15, 0.2) is 0 Å². The average molecular weight is 157 g/mol. The molecule has 1 aliphatic heterocycles. The Morgan fingerprint density at radius 1 is 1.73 bits per heavy atom. The minimum atomic E-state index is 0.365. The summed E-state index contributed by atoms with van der Waals surface area (Å²) in [6.45, 7) is 7.42. The number of morpholine rings is 1. The summed E-state index contributed by atoms with van der Waals surface area (Å²) in [4.78, 5) is 0. The first kappa shape index (κ1) is 8.71. The Kier molecular flexibility index (Phi) is 4.19. The molecule has 1 saturated heterocycles. The van der Waals surface area contributed by atoms with Crippen molar-refractivity contribution in [3.63, 3.8) is 0 Å². The minimum Gasteiger partial charge on any atom is -0.378 e. The highest BCUT2D eigenvalue weighted by atomic mass is 16.5. The normalized spacial score (nSPS) is 24.9. The Morgan fingerprint density at radius 3 is 3.27 bits per heavy atom. The van der Waals surface area contributed by atoms with Crippen LogP contribution in [0.15, 0.2) is 12.7 Å². The van der Waals surface area contributed by atoms with Gasteiger partial charge in [0.1, 0.15) is 0 Å². The first-order valence-electron chi connectivity index (χ1n) is 3.93. The molecule has 0 unspecified atom stereocenters. The highest BCUT2D eigenvalue weighted by molar-refractivity contribution is 4.70. The smallest absolute Gasteiger partial charge is 0.0646 e. The van der Waals surface area contributed by atoms with Crippen molar-refractivity contribution < 1.29 is 9.47 Å². The van der Waals surface area contributed by atoms with Gasteiger partial charge >= 0.3 is 0 Å². The molecule has 1 atom stereocenters. The number of rotatable bonds is 4. The summed E-state index contributed by atoms with van der Waals surface area (Å²) in [6.07, 6.45) is 1.75. The summed E-state index contributed by atoms with van der Waals surface area (Å²) in [5, 5.41) is 3.29. The van der Waals surface area contributed by atoms with Gasteiger partial charge in [0.2, 0.25) is 0 Å². The molecular weight excluding hydrogens is 142 g/mol. The maximum Gasteiger partial charge on any atom is 0.0646 e. The van der Waals surface area contributed by atoms with E-state index < -0.39 is 0 Å². The lowest BCUT2D eigenvalue weighted by atomic mass is 10.3. The largest absolute Gasteiger partial charge is 0.378 e. The fourth-order valence-corrected chi connectivity index (χ4v) is 1.02. The van der Waals surface area contributed by atoms with E-state index in [2.05, 4.69) is 11.9 Å². The van der Waals surface area contributed by atoms with Crippen LogP contribution in [0.5, 0.6) is 0 Å². The maximum absolute atomic E-state index is 5.26. The minimum absolute atomic E-state index is 0.365. The van der Waals surface area contributed by atoms with Crippen LogP contribution in [-0.4, -0.2) is 39.0 Å². The molecule has 3 nitrogen and oxygen atoms in total.